The van der Waals surface area contributed by atoms with Gasteiger partial charge in [-0.2, -0.15) is 54.5 Å². The number of thioether (sulfide) groups is 3. The summed E-state index contributed by atoms with van der Waals surface area (Å²) in [6.45, 7) is -30.8. The summed E-state index contributed by atoms with van der Waals surface area (Å²) in [6, 6.07) is -5.96. The highest BCUT2D eigenvalue weighted by Crippen LogP contribution is 2.39. The van der Waals surface area contributed by atoms with E-state index in [1.807, 2.05) is 0 Å². The van der Waals surface area contributed by atoms with Crippen molar-refractivity contribution in [2.24, 2.45) is 5.89 Å². The molecular weight excluding hydrogens is 1920 g/mol. The summed E-state index contributed by atoms with van der Waals surface area (Å²) in [6.07, 6.45) is -20.8. The molecule has 2 unspecified atom stereocenters. The molecule has 0 N–H and O–H groups in total. The molecule has 3 aromatic heterocycles. The van der Waals surface area contributed by atoms with E-state index in [9.17, 15) is 90.4 Å². The molecule has 0 fully saturated rings. The normalized spacial score (nSPS) is 20.8. The van der Waals surface area contributed by atoms with E-state index < -0.39 is 391 Å². The summed E-state index contributed by atoms with van der Waals surface area (Å²) < 4.78 is 580. The lowest BCUT2D eigenvalue weighted by molar-refractivity contribution is -0.138. The van der Waals surface area contributed by atoms with E-state index in [-0.39, 0.29) is 137 Å². The van der Waals surface area contributed by atoms with Gasteiger partial charge in [0.15, 0.2) is 15.5 Å². The van der Waals surface area contributed by atoms with Crippen molar-refractivity contribution in [1.29, 1.82) is 0 Å². The molecule has 2 atom stereocenters. The number of benzene rings is 9. The van der Waals surface area contributed by atoms with E-state index in [0.717, 1.165) is 88.6 Å². The van der Waals surface area contributed by atoms with Crippen molar-refractivity contribution < 1.29 is 131 Å². The minimum absolute atomic E-state index is 0.00403. The predicted octanol–water partition coefficient (Wildman–Crippen LogP) is 22.8. The Morgan fingerprint density at radius 3 is 1.16 bits per heavy atom. The first kappa shape index (κ1) is 62.2. The second kappa shape index (κ2) is 50.3. The number of carbonyl (C=O) groups excluding carboxylic acids is 3. The number of aromatic nitrogens is 6. The molecule has 0 bridgehead atoms. The number of alkyl halides is 9. The Balaban J connectivity index is 0.000000232. The number of rotatable bonds is 39. The van der Waals surface area contributed by atoms with Crippen LogP contribution in [0.15, 0.2) is 242 Å². The molecule has 0 spiro atoms. The van der Waals surface area contributed by atoms with Crippen molar-refractivity contribution >= 4 is 53.0 Å². The van der Waals surface area contributed by atoms with Gasteiger partial charge in [-0.15, -0.1) is 0 Å². The van der Waals surface area contributed by atoms with Gasteiger partial charge in [0.1, 0.15) is 36.9 Å². The topological polar surface area (TPSA) is 175 Å². The number of fused-ring (bicyclic) bond motifs is 3. The van der Waals surface area contributed by atoms with Crippen molar-refractivity contribution in [2.75, 3.05) is 78.2 Å². The average Bonchev–Trinajstić information content (AvgIpc) is 1.51. The van der Waals surface area contributed by atoms with Crippen LogP contribution in [-0.2, 0) is 121 Å². The molecule has 762 valence electrons. The van der Waals surface area contributed by atoms with E-state index in [1.165, 1.54) is 76.2 Å². The summed E-state index contributed by atoms with van der Waals surface area (Å²) in [5.74, 6) is -15.8. The Morgan fingerprint density at radius 2 is 0.771 bits per heavy atom. The largest absolute Gasteiger partial charge is 0.416 e. The Morgan fingerprint density at radius 1 is 0.424 bits per heavy atom. The van der Waals surface area contributed by atoms with Crippen LogP contribution in [-0.4, -0.2) is 154 Å². The number of carbonyl (C=O) groups is 3. The van der Waals surface area contributed by atoms with E-state index >= 15 is 14.4 Å². The maximum Gasteiger partial charge on any atom is 0.416 e. The minimum atomic E-state index is -5.25. The summed E-state index contributed by atoms with van der Waals surface area (Å²) in [5, 5.41) is -2.29. The maximum absolute atomic E-state index is 15.2. The zero-order chi connectivity index (χ0) is 145. The molecule has 144 heavy (non-hydrogen) atoms. The Hall–Kier alpha value is -11.9. The molecule has 33 heteroatoms. The molecule has 3 heterocycles. The highest BCUT2D eigenvalue weighted by molar-refractivity contribution is 7.98. The fourth-order valence-corrected chi connectivity index (χ4v) is 16.5. The van der Waals surface area contributed by atoms with Crippen molar-refractivity contribution in [2.45, 2.75) is 203 Å². The van der Waals surface area contributed by atoms with Crippen LogP contribution in [0.5, 0.6) is 0 Å². The van der Waals surface area contributed by atoms with Crippen LogP contribution in [0, 0.1) is 30.3 Å². The van der Waals surface area contributed by atoms with Crippen molar-refractivity contribution in [3.8, 4) is 33.4 Å². The van der Waals surface area contributed by atoms with Crippen molar-refractivity contribution in [1.82, 2.24) is 58.1 Å². The highest BCUT2D eigenvalue weighted by atomic mass is 32.2. The summed E-state index contributed by atoms with van der Waals surface area (Å²) in [7, 11) is 0. The molecule has 3 amide bonds. The van der Waals surface area contributed by atoms with Gasteiger partial charge in [0.25, 0.3) is 16.7 Å². The molecule has 0 aliphatic heterocycles. The minimum Gasteiger partial charge on any atom is -0.336 e. The number of halogens is 12. The summed E-state index contributed by atoms with van der Waals surface area (Å²) in [4.78, 5) is 99.1. The van der Waals surface area contributed by atoms with E-state index in [0.29, 0.717) is 45.6 Å². The van der Waals surface area contributed by atoms with Gasteiger partial charge in [0.2, 0.25) is 17.7 Å². The smallest absolute Gasteiger partial charge is 0.336 e. The molecule has 3 aliphatic carbocycles. The van der Waals surface area contributed by atoms with Crippen LogP contribution >= 0.6 is 35.3 Å². The van der Waals surface area contributed by atoms with Gasteiger partial charge in [0, 0.05) is 118 Å². The van der Waals surface area contributed by atoms with Crippen molar-refractivity contribution in [3.63, 3.8) is 0 Å². The Labute approximate surface area is 910 Å². The molecule has 0 saturated carbocycles. The third kappa shape index (κ3) is 29.1. The first-order chi connectivity index (χ1) is 87.4. The molecule has 18 nitrogen and oxygen atoms in total. The number of nitrogens with zero attached hydrogens (tertiary/aromatic N) is 12. The van der Waals surface area contributed by atoms with Gasteiger partial charge >= 0.3 is 18.5 Å². The van der Waals surface area contributed by atoms with E-state index in [1.54, 1.807) is 13.8 Å². The second-order valence-electron chi connectivity index (χ2n) is 31.1. The van der Waals surface area contributed by atoms with Gasteiger partial charge in [-0.3, -0.25) is 28.8 Å². The van der Waals surface area contributed by atoms with Crippen LogP contribution in [0.4, 0.5) is 52.7 Å². The number of hydrogen-bond donors (Lipinski definition) is 0. The number of likely N-dealkylation sites (N-methyl/N-ethyl adjacent to an activating group) is 3. The van der Waals surface area contributed by atoms with Crippen LogP contribution in [0.25, 0.3) is 33.4 Å². The molecular formula is C111H120F12N12O6S3. The van der Waals surface area contributed by atoms with Crippen LogP contribution < -0.4 is 16.7 Å². The standard InChI is InChI=1S/3C37H40F4N4O2S/c1-4-43(5-2)18-19-44(22-26-6-10-28(11-7-26)29-12-14-30(15-13-29)37(39,40)41)34(46)23-45-33-21-25(3)20-32(33)35(47)42-36(45)48-24-27-8-16-31(38)17-9-27;1-4-43(5-2)21-22-44(25(3)27-11-13-28(14-12-27)29-15-17-30(18-16-29)37(39,40)41)34(46)23-45-33-8-6-7-32(33)35(47)42-36(45)48-24-26-9-19-31(38)20-10-26;1-4-43(5-2)19-20-44(22-26-9-13-28(14-10-26)29-15-18-32(25(3)21-29)37(39,40)41)34(46)23-45-33-8-6-7-31(33)35(47)42-36(45)48-24-27-11-16-30(38)17-12-27/h6-17,25H,4-5,18-24H2,1-3H3;9-20,25H,4-8,21-24H2,1-3H3;9-18,21H,4-8,19-20,22-24H2,1-3H3/i8D,9D,16D,17D,18D2,19D2,20D2,21D2,22D2,23D2,25D;9D,10D,19D,20D,21D2,22D2,23D2,25D;9D,10D,11D,12D,13D,14D,15D,16D,17D,18D,19D2,20D2,21D,22D2,23D2. The zero-order valence-corrected chi connectivity index (χ0v) is 80.4. The first-order valence-electron chi connectivity index (χ1n) is 67.7. The average molecular weight is 2090 g/mol. The van der Waals surface area contributed by atoms with Gasteiger partial charge in [-0.25, -0.2) is 13.2 Å². The zero-order valence-electron chi connectivity index (χ0n) is 125. The SMILES string of the molecule is [2H]c1c([2H])c(CSc2nc(=O)c3c(n2C([2H])([2H])C(=O)N(C([2H])(C)c2ccc(-c4ccc(C(F)(F)F)cc4)cc2)C([2H])([2H])C([2H])([2H])N(CC)CC)CCC3)c([2H])c([2H])c1F.[2H]c1c([2H])c(CSc2nc(=O)c3c(n2C([2H])([2H])C(=O)N(C([2H])([2H])c2c([2H])c([2H])c(-c4c([2H])c([2H])c(C(F)(F)F)c(C)c4[2H])c([2H])c2[2H])C([2H])([2H])C([2H])([2H])N(CC)CC)CCC3)c([2H])c([2H])c1F.[2H]c1c([2H])c(CSc2nc(=O)c3c(n2C([2H])([2H])C(=O)N(C([2H])([2H])c2ccc(-c4ccc(C(F)(F)F)cc4)cc2)C([2H])([2H])C([2H])([2H])N(CC)CC)C([2H])([2H])C([2H])(C)C3([2H])[2H])c([2H])c([2H])c1F. The Kier molecular flexibility index (Phi) is 21.7. The Bertz CT molecular complexity index is 9160. The lowest BCUT2D eigenvalue weighted by Gasteiger charge is -2.33. The maximum atomic E-state index is 15.2. The fraction of sp³-hybridized carbons (Fsp3) is 0.378. The quantitative estimate of drug-likeness (QED) is 0.0202. The van der Waals surface area contributed by atoms with Crippen LogP contribution in [0.1, 0.15) is 228 Å². The number of hydrogen-bond acceptors (Lipinski definition) is 15. The van der Waals surface area contributed by atoms with Gasteiger partial charge in [-0.05, 0) is 249 Å². The fourth-order valence-electron chi connectivity index (χ4n) is 14.0. The molecule has 0 radical (unpaired) electrons. The van der Waals surface area contributed by atoms with Gasteiger partial charge in [0.05, 0.1) is 72.1 Å². The molecule has 3 aliphatic rings. The summed E-state index contributed by atoms with van der Waals surface area (Å²) in [5.41, 5.74) is -15.3. The second-order valence-corrected chi connectivity index (χ2v) is 33.9. The van der Waals surface area contributed by atoms with E-state index in [2.05, 4.69) is 15.0 Å². The van der Waals surface area contributed by atoms with Crippen LogP contribution in [0.3, 0.4) is 0 Å². The highest BCUT2D eigenvalue weighted by Gasteiger charge is 2.36. The third-order valence-corrected chi connectivity index (χ3v) is 24.5. The molecule has 12 aromatic rings. The van der Waals surface area contributed by atoms with Gasteiger partial charge < -0.3 is 43.1 Å². The lowest BCUT2D eigenvalue weighted by Crippen LogP contribution is -2.42. The molecule has 0 saturated heterocycles. The predicted molar refractivity (Wildman–Crippen MR) is 544 cm³/mol. The molecule has 9 aromatic carbocycles. The third-order valence-electron chi connectivity index (χ3n) is 21.6. The first-order valence-corrected chi connectivity index (χ1v) is 47.1. The van der Waals surface area contributed by atoms with E-state index in [4.69, 9.17) is 41.1 Å². The summed E-state index contributed by atoms with van der Waals surface area (Å²) >= 11 is 1.05. The lowest BCUT2D eigenvalue weighted by atomic mass is 9.98. The van der Waals surface area contributed by atoms with Crippen molar-refractivity contribution in [3.05, 3.63) is 350 Å². The van der Waals surface area contributed by atoms with Crippen LogP contribution in [0.2, 0.25) is 0 Å². The molecule has 15 rings (SSSR count). The van der Waals surface area contributed by atoms with Gasteiger partial charge in [-0.1, -0.05) is 229 Å². The number of amides is 3. The monoisotopic (exact) mass is 2090 g/mol.